The second-order valence-electron chi connectivity index (χ2n) is 4.44. The number of aromatic hydroxyl groups is 1. The van der Waals surface area contributed by atoms with Gasteiger partial charge in [0.2, 0.25) is 5.91 Å². The molecule has 0 heterocycles. The van der Waals surface area contributed by atoms with Gasteiger partial charge in [-0.1, -0.05) is 0 Å². The molecule has 0 aliphatic carbocycles. The van der Waals surface area contributed by atoms with Crippen molar-refractivity contribution in [3.05, 3.63) is 54.1 Å². The van der Waals surface area contributed by atoms with E-state index < -0.39 is 0 Å². The van der Waals surface area contributed by atoms with Gasteiger partial charge in [0, 0.05) is 25.9 Å². The molecule has 0 spiro atoms. The van der Waals surface area contributed by atoms with Crippen molar-refractivity contribution in [1.29, 1.82) is 0 Å². The van der Waals surface area contributed by atoms with E-state index in [4.69, 9.17) is 0 Å². The fraction of sp³-hybridized carbons (Fsp3) is 0.125. The number of nitrogens with zero attached hydrogens (tertiary/aromatic N) is 2. The van der Waals surface area contributed by atoms with Crippen LogP contribution in [0.25, 0.3) is 0 Å². The standard InChI is InChI=1S/C16H16N2O2/c1-12(19)18(2)15-7-5-14(6-8-15)17-11-13-3-9-16(20)10-4-13/h3-11,20H,1-2H3. The quantitative estimate of drug-likeness (QED) is 0.869. The lowest BCUT2D eigenvalue weighted by Crippen LogP contribution is -2.22. The fourth-order valence-corrected chi connectivity index (χ4v) is 1.65. The Morgan fingerprint density at radius 3 is 2.25 bits per heavy atom. The number of anilines is 1. The molecular weight excluding hydrogens is 252 g/mol. The van der Waals surface area contributed by atoms with Crippen LogP contribution in [0.2, 0.25) is 0 Å². The molecule has 0 aliphatic heterocycles. The van der Waals surface area contributed by atoms with Crippen molar-refractivity contribution < 1.29 is 9.90 Å². The van der Waals surface area contributed by atoms with Crippen LogP contribution in [0.1, 0.15) is 12.5 Å². The summed E-state index contributed by atoms with van der Waals surface area (Å²) in [4.78, 5) is 17.2. The molecule has 0 radical (unpaired) electrons. The number of carbonyl (C=O) groups excluding carboxylic acids is 1. The molecule has 102 valence electrons. The van der Waals surface area contributed by atoms with Crippen molar-refractivity contribution >= 4 is 23.5 Å². The third-order valence-corrected chi connectivity index (χ3v) is 2.97. The molecule has 2 aromatic carbocycles. The van der Waals surface area contributed by atoms with Gasteiger partial charge >= 0.3 is 0 Å². The van der Waals surface area contributed by atoms with E-state index in [-0.39, 0.29) is 11.7 Å². The predicted octanol–water partition coefficient (Wildman–Crippen LogP) is 3.13. The van der Waals surface area contributed by atoms with Gasteiger partial charge in [0.1, 0.15) is 5.75 Å². The number of carbonyl (C=O) groups is 1. The van der Waals surface area contributed by atoms with Gasteiger partial charge in [0.25, 0.3) is 0 Å². The molecule has 0 bridgehead atoms. The molecule has 0 unspecified atom stereocenters. The summed E-state index contributed by atoms with van der Waals surface area (Å²) in [5.74, 6) is 0.226. The van der Waals surface area contributed by atoms with E-state index in [1.807, 2.05) is 24.3 Å². The second kappa shape index (κ2) is 6.02. The normalized spacial score (nSPS) is 10.7. The van der Waals surface area contributed by atoms with E-state index in [1.165, 1.54) is 6.92 Å². The van der Waals surface area contributed by atoms with Crippen LogP contribution < -0.4 is 4.90 Å². The zero-order chi connectivity index (χ0) is 14.5. The average Bonchev–Trinajstić information content (AvgIpc) is 2.46. The average molecular weight is 268 g/mol. The molecule has 0 atom stereocenters. The van der Waals surface area contributed by atoms with E-state index in [0.717, 1.165) is 16.9 Å². The first kappa shape index (κ1) is 13.8. The fourth-order valence-electron chi connectivity index (χ4n) is 1.65. The molecule has 0 fully saturated rings. The summed E-state index contributed by atoms with van der Waals surface area (Å²) < 4.78 is 0. The van der Waals surface area contributed by atoms with Crippen LogP contribution in [0.4, 0.5) is 11.4 Å². The van der Waals surface area contributed by atoms with Gasteiger partial charge in [0.05, 0.1) is 5.69 Å². The van der Waals surface area contributed by atoms with Crippen LogP contribution in [0, 0.1) is 0 Å². The smallest absolute Gasteiger partial charge is 0.223 e. The van der Waals surface area contributed by atoms with Gasteiger partial charge in [0.15, 0.2) is 0 Å². The van der Waals surface area contributed by atoms with Gasteiger partial charge in [-0.05, 0) is 54.1 Å². The van der Waals surface area contributed by atoms with Crippen molar-refractivity contribution in [1.82, 2.24) is 0 Å². The van der Waals surface area contributed by atoms with Crippen LogP contribution in [0.15, 0.2) is 53.5 Å². The third kappa shape index (κ3) is 3.45. The molecule has 2 aromatic rings. The molecule has 4 heteroatoms. The maximum Gasteiger partial charge on any atom is 0.223 e. The number of benzene rings is 2. The Hall–Kier alpha value is -2.62. The van der Waals surface area contributed by atoms with Crippen molar-refractivity contribution in [2.75, 3.05) is 11.9 Å². The summed E-state index contributed by atoms with van der Waals surface area (Å²) in [6.07, 6.45) is 1.73. The van der Waals surface area contributed by atoms with E-state index in [0.29, 0.717) is 0 Å². The largest absolute Gasteiger partial charge is 0.508 e. The maximum atomic E-state index is 11.2. The minimum Gasteiger partial charge on any atom is -0.508 e. The molecular formula is C16H16N2O2. The lowest BCUT2D eigenvalue weighted by Gasteiger charge is -2.14. The summed E-state index contributed by atoms with van der Waals surface area (Å²) in [5, 5.41) is 9.19. The first-order chi connectivity index (χ1) is 9.56. The number of hydrogen-bond acceptors (Lipinski definition) is 3. The highest BCUT2D eigenvalue weighted by Gasteiger charge is 2.04. The Morgan fingerprint density at radius 1 is 1.10 bits per heavy atom. The molecule has 0 saturated heterocycles. The molecule has 1 amide bonds. The van der Waals surface area contributed by atoms with Gasteiger partial charge in [-0.15, -0.1) is 0 Å². The van der Waals surface area contributed by atoms with Crippen molar-refractivity contribution in [3.8, 4) is 5.75 Å². The predicted molar refractivity (Wildman–Crippen MR) is 80.9 cm³/mol. The molecule has 20 heavy (non-hydrogen) atoms. The van der Waals surface area contributed by atoms with Gasteiger partial charge < -0.3 is 10.0 Å². The second-order valence-corrected chi connectivity index (χ2v) is 4.44. The topological polar surface area (TPSA) is 52.9 Å². The Morgan fingerprint density at radius 2 is 1.70 bits per heavy atom. The van der Waals surface area contributed by atoms with Gasteiger partial charge in [-0.2, -0.15) is 0 Å². The summed E-state index contributed by atoms with van der Waals surface area (Å²) in [5.41, 5.74) is 2.55. The molecule has 0 aliphatic rings. The number of rotatable bonds is 3. The van der Waals surface area contributed by atoms with Crippen LogP contribution in [-0.2, 0) is 4.79 Å². The summed E-state index contributed by atoms with van der Waals surface area (Å²) in [6.45, 7) is 1.52. The molecule has 0 aromatic heterocycles. The first-order valence-electron chi connectivity index (χ1n) is 6.24. The highest BCUT2D eigenvalue weighted by atomic mass is 16.3. The van der Waals surface area contributed by atoms with Gasteiger partial charge in [-0.25, -0.2) is 0 Å². The Bertz CT molecular complexity index is 616. The minimum absolute atomic E-state index is 0.00894. The Labute approximate surface area is 118 Å². The number of phenolic OH excluding ortho intramolecular Hbond substituents is 1. The molecule has 4 nitrogen and oxygen atoms in total. The zero-order valence-electron chi connectivity index (χ0n) is 11.4. The highest BCUT2D eigenvalue weighted by molar-refractivity contribution is 5.91. The number of aliphatic imine (C=N–C) groups is 1. The van der Waals surface area contributed by atoms with E-state index in [1.54, 1.807) is 42.4 Å². The van der Waals surface area contributed by atoms with Crippen LogP contribution in [-0.4, -0.2) is 24.3 Å². The maximum absolute atomic E-state index is 11.2. The molecule has 0 saturated carbocycles. The first-order valence-corrected chi connectivity index (χ1v) is 6.24. The zero-order valence-corrected chi connectivity index (χ0v) is 11.4. The van der Waals surface area contributed by atoms with Crippen LogP contribution in [0.5, 0.6) is 5.75 Å². The third-order valence-electron chi connectivity index (χ3n) is 2.97. The summed E-state index contributed by atoms with van der Waals surface area (Å²) in [7, 11) is 1.73. The van der Waals surface area contributed by atoms with Crippen molar-refractivity contribution in [3.63, 3.8) is 0 Å². The summed E-state index contributed by atoms with van der Waals surface area (Å²) >= 11 is 0. The SMILES string of the molecule is CC(=O)N(C)c1ccc(N=Cc2ccc(O)cc2)cc1. The van der Waals surface area contributed by atoms with E-state index >= 15 is 0 Å². The van der Waals surface area contributed by atoms with E-state index in [2.05, 4.69) is 4.99 Å². The van der Waals surface area contributed by atoms with Crippen molar-refractivity contribution in [2.24, 2.45) is 4.99 Å². The lowest BCUT2D eigenvalue weighted by atomic mass is 10.2. The lowest BCUT2D eigenvalue weighted by molar-refractivity contribution is -0.116. The van der Waals surface area contributed by atoms with Crippen LogP contribution >= 0.6 is 0 Å². The highest BCUT2D eigenvalue weighted by Crippen LogP contribution is 2.19. The Balaban J connectivity index is 2.10. The number of hydrogen-bond donors (Lipinski definition) is 1. The van der Waals surface area contributed by atoms with Gasteiger partial charge in [-0.3, -0.25) is 9.79 Å². The monoisotopic (exact) mass is 268 g/mol. The Kier molecular flexibility index (Phi) is 4.15. The number of amides is 1. The van der Waals surface area contributed by atoms with Crippen LogP contribution in [0.3, 0.4) is 0 Å². The molecule has 1 N–H and O–H groups in total. The molecule has 2 rings (SSSR count). The van der Waals surface area contributed by atoms with E-state index in [9.17, 15) is 9.90 Å². The number of phenols is 1. The van der Waals surface area contributed by atoms with Crippen molar-refractivity contribution in [2.45, 2.75) is 6.92 Å². The minimum atomic E-state index is -0.00894. The summed E-state index contributed by atoms with van der Waals surface area (Å²) in [6, 6.07) is 14.2.